The Morgan fingerprint density at radius 3 is 2.58 bits per heavy atom. The van der Waals surface area contributed by atoms with Crippen LogP contribution in [0.4, 0.5) is 0 Å². The van der Waals surface area contributed by atoms with Gasteiger partial charge in [0.2, 0.25) is 5.91 Å². The number of rotatable bonds is 9. The van der Waals surface area contributed by atoms with E-state index in [1.165, 1.54) is 11.8 Å². The topological polar surface area (TPSA) is 47.4 Å². The summed E-state index contributed by atoms with van der Waals surface area (Å²) in [5, 5.41) is 0.883. The molecular formula is C20H29N3O2S. The van der Waals surface area contributed by atoms with E-state index >= 15 is 0 Å². The van der Waals surface area contributed by atoms with Gasteiger partial charge >= 0.3 is 0 Å². The average Bonchev–Trinajstić information content (AvgIpc) is 2.90. The molecule has 0 aliphatic rings. The Hall–Kier alpha value is -1.79. The summed E-state index contributed by atoms with van der Waals surface area (Å²) in [7, 11) is 1.69. The maximum absolute atomic E-state index is 12.8. The number of ether oxygens (including phenoxy) is 1. The van der Waals surface area contributed by atoms with E-state index in [1.54, 1.807) is 7.11 Å². The Kier molecular flexibility index (Phi) is 7.72. The number of methoxy groups -OCH3 is 1. The molecule has 142 valence electrons. The largest absolute Gasteiger partial charge is 0.383 e. The van der Waals surface area contributed by atoms with Crippen LogP contribution in [0.1, 0.15) is 30.8 Å². The Morgan fingerprint density at radius 1 is 1.27 bits per heavy atom. The minimum absolute atomic E-state index is 0.130. The fraction of sp³-hybridized carbons (Fsp3) is 0.500. The zero-order chi connectivity index (χ0) is 19.1. The van der Waals surface area contributed by atoms with Gasteiger partial charge in [-0.25, -0.2) is 4.98 Å². The maximum Gasteiger partial charge on any atom is 0.233 e. The van der Waals surface area contributed by atoms with E-state index in [-0.39, 0.29) is 11.9 Å². The molecule has 26 heavy (non-hydrogen) atoms. The molecule has 0 N–H and O–H groups in total. The van der Waals surface area contributed by atoms with Crippen molar-refractivity contribution in [3.8, 4) is 0 Å². The molecule has 0 radical (unpaired) electrons. The molecule has 0 aliphatic heterocycles. The minimum atomic E-state index is 0.130. The third-order valence-electron chi connectivity index (χ3n) is 4.41. The molecule has 1 aromatic carbocycles. The second-order valence-corrected chi connectivity index (χ2v) is 7.54. The van der Waals surface area contributed by atoms with Crippen LogP contribution >= 0.6 is 11.8 Å². The van der Waals surface area contributed by atoms with Crippen molar-refractivity contribution in [2.75, 3.05) is 19.5 Å². The summed E-state index contributed by atoms with van der Waals surface area (Å²) in [4.78, 5) is 19.4. The highest BCUT2D eigenvalue weighted by Gasteiger charge is 2.19. The highest BCUT2D eigenvalue weighted by Crippen LogP contribution is 2.22. The van der Waals surface area contributed by atoms with Crippen molar-refractivity contribution in [1.29, 1.82) is 0 Å². The van der Waals surface area contributed by atoms with Gasteiger partial charge in [0.15, 0.2) is 5.16 Å². The normalized spacial score (nSPS) is 11.2. The van der Waals surface area contributed by atoms with Crippen molar-refractivity contribution in [2.24, 2.45) is 0 Å². The minimum Gasteiger partial charge on any atom is -0.383 e. The van der Waals surface area contributed by atoms with E-state index in [2.05, 4.69) is 42.5 Å². The van der Waals surface area contributed by atoms with Crippen molar-refractivity contribution < 1.29 is 9.53 Å². The quantitative estimate of drug-likeness (QED) is 0.628. The van der Waals surface area contributed by atoms with Crippen LogP contribution in [0.5, 0.6) is 0 Å². The number of thioether (sulfide) groups is 1. The van der Waals surface area contributed by atoms with Crippen LogP contribution in [-0.4, -0.2) is 45.9 Å². The van der Waals surface area contributed by atoms with Crippen LogP contribution in [0.2, 0.25) is 0 Å². The number of aryl methyl sites for hydroxylation is 1. The lowest BCUT2D eigenvalue weighted by Crippen LogP contribution is -2.37. The second-order valence-electron chi connectivity index (χ2n) is 6.60. The lowest BCUT2D eigenvalue weighted by molar-refractivity contribution is -0.130. The SMILES string of the molecule is COCCn1c(SCC(=O)N(Cc2ccccc2)C(C)C)nc(C)c1C. The fourth-order valence-corrected chi connectivity index (χ4v) is 3.73. The van der Waals surface area contributed by atoms with Crippen LogP contribution in [-0.2, 0) is 22.6 Å². The molecule has 0 saturated heterocycles. The number of imidazole rings is 1. The first-order valence-electron chi connectivity index (χ1n) is 8.93. The van der Waals surface area contributed by atoms with E-state index in [4.69, 9.17) is 4.74 Å². The molecule has 0 saturated carbocycles. The van der Waals surface area contributed by atoms with Crippen LogP contribution in [0.3, 0.4) is 0 Å². The number of nitrogens with zero attached hydrogens (tertiary/aromatic N) is 3. The third-order valence-corrected chi connectivity index (χ3v) is 5.37. The molecule has 0 fully saturated rings. The monoisotopic (exact) mass is 375 g/mol. The van der Waals surface area contributed by atoms with Crippen molar-refractivity contribution in [1.82, 2.24) is 14.5 Å². The smallest absolute Gasteiger partial charge is 0.233 e. The summed E-state index contributed by atoms with van der Waals surface area (Å²) >= 11 is 1.50. The molecule has 6 heteroatoms. The highest BCUT2D eigenvalue weighted by atomic mass is 32.2. The zero-order valence-corrected chi connectivity index (χ0v) is 17.2. The lowest BCUT2D eigenvalue weighted by Gasteiger charge is -2.27. The van der Waals surface area contributed by atoms with Crippen LogP contribution in [0.25, 0.3) is 0 Å². The Labute approximate surface area is 160 Å². The van der Waals surface area contributed by atoms with Crippen molar-refractivity contribution >= 4 is 17.7 Å². The van der Waals surface area contributed by atoms with Gasteiger partial charge in [0.05, 0.1) is 18.1 Å². The van der Waals surface area contributed by atoms with Crippen LogP contribution in [0.15, 0.2) is 35.5 Å². The average molecular weight is 376 g/mol. The van der Waals surface area contributed by atoms with Crippen molar-refractivity contribution in [3.63, 3.8) is 0 Å². The summed E-state index contributed by atoms with van der Waals surface area (Å²) in [5.41, 5.74) is 3.27. The van der Waals surface area contributed by atoms with Gasteiger partial charge < -0.3 is 14.2 Å². The second kappa shape index (κ2) is 9.78. The first-order chi connectivity index (χ1) is 12.4. The zero-order valence-electron chi connectivity index (χ0n) is 16.4. The number of aromatic nitrogens is 2. The van der Waals surface area contributed by atoms with Crippen molar-refractivity contribution in [2.45, 2.75) is 52.0 Å². The summed E-state index contributed by atoms with van der Waals surface area (Å²) in [5.74, 6) is 0.513. The first-order valence-corrected chi connectivity index (χ1v) is 9.91. The van der Waals surface area contributed by atoms with Gasteiger partial charge in [-0.05, 0) is 33.3 Å². The Morgan fingerprint density at radius 2 is 1.96 bits per heavy atom. The van der Waals surface area contributed by atoms with Crippen LogP contribution < -0.4 is 0 Å². The molecule has 2 aromatic rings. The lowest BCUT2D eigenvalue weighted by atomic mass is 10.2. The summed E-state index contributed by atoms with van der Waals surface area (Å²) in [6.45, 7) is 10.2. The van der Waals surface area contributed by atoms with E-state index in [0.29, 0.717) is 18.9 Å². The molecule has 0 aliphatic carbocycles. The van der Waals surface area contributed by atoms with E-state index in [1.807, 2.05) is 30.0 Å². The molecule has 5 nitrogen and oxygen atoms in total. The van der Waals surface area contributed by atoms with Gasteiger partial charge in [0.1, 0.15) is 0 Å². The number of benzene rings is 1. The molecule has 0 atom stereocenters. The maximum atomic E-state index is 12.8. The van der Waals surface area contributed by atoms with Crippen LogP contribution in [0, 0.1) is 13.8 Å². The summed E-state index contributed by atoms with van der Waals surface area (Å²) < 4.78 is 7.33. The van der Waals surface area contributed by atoms with E-state index in [9.17, 15) is 4.79 Å². The highest BCUT2D eigenvalue weighted by molar-refractivity contribution is 7.99. The number of carbonyl (C=O) groups excluding carboxylic acids is 1. The molecule has 0 unspecified atom stereocenters. The number of amides is 1. The molecule has 0 spiro atoms. The molecule has 1 heterocycles. The van der Waals surface area contributed by atoms with E-state index < -0.39 is 0 Å². The Bertz CT molecular complexity index is 713. The van der Waals surface area contributed by atoms with Gasteiger partial charge in [0, 0.05) is 31.9 Å². The summed E-state index contributed by atoms with van der Waals surface area (Å²) in [6.07, 6.45) is 0. The Balaban J connectivity index is 2.05. The van der Waals surface area contributed by atoms with Gasteiger partial charge in [-0.3, -0.25) is 4.79 Å². The fourth-order valence-electron chi connectivity index (χ4n) is 2.73. The van der Waals surface area contributed by atoms with E-state index in [0.717, 1.165) is 28.7 Å². The van der Waals surface area contributed by atoms with Gasteiger partial charge in [0.25, 0.3) is 0 Å². The van der Waals surface area contributed by atoms with Gasteiger partial charge in [-0.15, -0.1) is 0 Å². The van der Waals surface area contributed by atoms with Gasteiger partial charge in [-0.2, -0.15) is 0 Å². The molecule has 0 bridgehead atoms. The molecule has 2 rings (SSSR count). The summed E-state index contributed by atoms with van der Waals surface area (Å²) in [6, 6.07) is 10.3. The predicted octanol–water partition coefficient (Wildman–Crippen LogP) is 3.68. The molecular weight excluding hydrogens is 346 g/mol. The third kappa shape index (κ3) is 5.35. The number of carbonyl (C=O) groups is 1. The standard InChI is InChI=1S/C20H29N3O2S/c1-15(2)23(13-18-9-7-6-8-10-18)19(24)14-26-20-21-16(3)17(4)22(20)11-12-25-5/h6-10,15H,11-14H2,1-5H3. The van der Waals surface area contributed by atoms with Gasteiger partial charge in [-0.1, -0.05) is 42.1 Å². The number of hydrogen-bond donors (Lipinski definition) is 0. The number of hydrogen-bond acceptors (Lipinski definition) is 4. The van der Waals surface area contributed by atoms with Crippen molar-refractivity contribution in [3.05, 3.63) is 47.3 Å². The molecule has 1 aromatic heterocycles. The predicted molar refractivity (Wildman–Crippen MR) is 106 cm³/mol. The molecule has 1 amide bonds. The first kappa shape index (κ1) is 20.5.